The molecule has 2 N–H and O–H groups in total. The molecular weight excluding hydrogens is 362 g/mol. The maximum atomic E-state index is 11.3. The fourth-order valence-electron chi connectivity index (χ4n) is 1.55. The zero-order valence-electron chi connectivity index (χ0n) is 10.7. The minimum atomic E-state index is -0.384. The molecule has 1 unspecified atom stereocenters. The van der Waals surface area contributed by atoms with Gasteiger partial charge in [0.15, 0.2) is 0 Å². The van der Waals surface area contributed by atoms with Crippen molar-refractivity contribution in [2.24, 2.45) is 0 Å². The first kappa shape index (κ1) is 15.4. The lowest BCUT2D eigenvalue weighted by Crippen LogP contribution is -2.17. The van der Waals surface area contributed by atoms with Crippen molar-refractivity contribution in [1.82, 2.24) is 10.2 Å². The molecule has 0 bridgehead atoms. The van der Waals surface area contributed by atoms with Gasteiger partial charge in [0.05, 0.1) is 11.9 Å². The van der Waals surface area contributed by atoms with Crippen LogP contribution in [0.4, 0.5) is 5.69 Å². The average molecular weight is 375 g/mol. The quantitative estimate of drug-likeness (QED) is 0.782. The van der Waals surface area contributed by atoms with E-state index in [4.69, 9.17) is 11.6 Å². The third kappa shape index (κ3) is 4.26. The van der Waals surface area contributed by atoms with Gasteiger partial charge in [-0.15, -0.1) is 11.8 Å². The molecule has 7 heteroatoms. The summed E-state index contributed by atoms with van der Waals surface area (Å²) in [5.74, 6) is 0. The van der Waals surface area contributed by atoms with Crippen LogP contribution in [0.25, 0.3) is 0 Å². The lowest BCUT2D eigenvalue weighted by Gasteiger charge is -2.13. The van der Waals surface area contributed by atoms with E-state index < -0.39 is 0 Å². The standard InChI is InChI=1S/C13H13BrClN3OS/c1-8(20-10-4-2-9(14)3-5-10)6-16-11-7-17-18-13(19)12(11)15/h2-5,7-8H,6H2,1H3,(H2,16,18,19). The first-order valence-electron chi connectivity index (χ1n) is 5.95. The van der Waals surface area contributed by atoms with Gasteiger partial charge in [0.2, 0.25) is 0 Å². The van der Waals surface area contributed by atoms with Crippen LogP contribution in [0.5, 0.6) is 0 Å². The summed E-state index contributed by atoms with van der Waals surface area (Å²) >= 11 is 11.1. The second-order valence-corrected chi connectivity index (χ2v) is 7.00. The van der Waals surface area contributed by atoms with Gasteiger partial charge in [0.1, 0.15) is 5.02 Å². The van der Waals surface area contributed by atoms with Crippen molar-refractivity contribution in [1.29, 1.82) is 0 Å². The molecule has 0 aliphatic carbocycles. The molecule has 0 saturated heterocycles. The second kappa shape index (κ2) is 7.15. The van der Waals surface area contributed by atoms with Crippen LogP contribution < -0.4 is 10.9 Å². The molecule has 2 aromatic rings. The summed E-state index contributed by atoms with van der Waals surface area (Å²) in [6.45, 7) is 2.79. The number of aromatic nitrogens is 2. The van der Waals surface area contributed by atoms with E-state index in [0.29, 0.717) is 17.5 Å². The third-order valence-corrected chi connectivity index (χ3v) is 4.54. The number of halogens is 2. The summed E-state index contributed by atoms with van der Waals surface area (Å²) in [4.78, 5) is 12.5. The Morgan fingerprint density at radius 3 is 2.85 bits per heavy atom. The number of nitrogens with zero attached hydrogens (tertiary/aromatic N) is 1. The summed E-state index contributed by atoms with van der Waals surface area (Å²) in [7, 11) is 0. The van der Waals surface area contributed by atoms with Crippen molar-refractivity contribution < 1.29 is 0 Å². The van der Waals surface area contributed by atoms with Gasteiger partial charge in [-0.05, 0) is 24.3 Å². The zero-order chi connectivity index (χ0) is 14.5. The second-order valence-electron chi connectivity index (χ2n) is 4.19. The van der Waals surface area contributed by atoms with E-state index in [9.17, 15) is 4.79 Å². The van der Waals surface area contributed by atoms with E-state index in [2.05, 4.69) is 50.5 Å². The van der Waals surface area contributed by atoms with Gasteiger partial charge in [-0.1, -0.05) is 34.5 Å². The van der Waals surface area contributed by atoms with E-state index in [-0.39, 0.29) is 10.6 Å². The Kier molecular flexibility index (Phi) is 5.51. The summed E-state index contributed by atoms with van der Waals surface area (Å²) < 4.78 is 1.06. The number of rotatable bonds is 5. The number of H-pyrrole nitrogens is 1. The Hall–Kier alpha value is -0.980. The van der Waals surface area contributed by atoms with Crippen LogP contribution in [0.3, 0.4) is 0 Å². The third-order valence-electron chi connectivity index (χ3n) is 2.53. The average Bonchev–Trinajstić information content (AvgIpc) is 2.43. The van der Waals surface area contributed by atoms with E-state index in [1.54, 1.807) is 11.8 Å². The van der Waals surface area contributed by atoms with Crippen LogP contribution in [-0.2, 0) is 0 Å². The Bertz CT molecular complexity index is 632. The molecule has 1 heterocycles. The number of aromatic amines is 1. The molecule has 0 amide bonds. The molecule has 0 saturated carbocycles. The smallest absolute Gasteiger partial charge is 0.285 e. The molecule has 2 rings (SSSR count). The van der Waals surface area contributed by atoms with E-state index >= 15 is 0 Å². The lowest BCUT2D eigenvalue weighted by molar-refractivity contribution is 0.962. The summed E-state index contributed by atoms with van der Waals surface area (Å²) in [5, 5.41) is 9.61. The van der Waals surface area contributed by atoms with Gasteiger partial charge < -0.3 is 5.32 Å². The number of nitrogens with one attached hydrogen (secondary N) is 2. The topological polar surface area (TPSA) is 57.8 Å². The molecule has 4 nitrogen and oxygen atoms in total. The highest BCUT2D eigenvalue weighted by atomic mass is 79.9. The van der Waals surface area contributed by atoms with Gasteiger partial charge >= 0.3 is 0 Å². The van der Waals surface area contributed by atoms with Crippen molar-refractivity contribution >= 4 is 45.0 Å². The molecule has 0 fully saturated rings. The van der Waals surface area contributed by atoms with Crippen molar-refractivity contribution in [3.8, 4) is 0 Å². The molecule has 1 atom stereocenters. The normalized spacial score (nSPS) is 12.2. The predicted molar refractivity (Wildman–Crippen MR) is 87.8 cm³/mol. The van der Waals surface area contributed by atoms with E-state index in [1.165, 1.54) is 11.1 Å². The Morgan fingerprint density at radius 2 is 2.15 bits per heavy atom. The highest BCUT2D eigenvalue weighted by molar-refractivity contribution is 9.10. The largest absolute Gasteiger partial charge is 0.381 e. The SMILES string of the molecule is CC(CNc1cn[nH]c(=O)c1Cl)Sc1ccc(Br)cc1. The number of hydrogen-bond acceptors (Lipinski definition) is 4. The Morgan fingerprint density at radius 1 is 1.45 bits per heavy atom. The molecule has 1 aromatic carbocycles. The number of anilines is 1. The van der Waals surface area contributed by atoms with E-state index in [0.717, 1.165) is 4.47 Å². The summed E-state index contributed by atoms with van der Waals surface area (Å²) in [6, 6.07) is 8.15. The fourth-order valence-corrected chi connectivity index (χ4v) is 2.89. The van der Waals surface area contributed by atoms with Gasteiger partial charge in [-0.25, -0.2) is 5.10 Å². The maximum Gasteiger partial charge on any atom is 0.285 e. The van der Waals surface area contributed by atoms with Crippen molar-refractivity contribution in [3.63, 3.8) is 0 Å². The van der Waals surface area contributed by atoms with Crippen molar-refractivity contribution in [2.45, 2.75) is 17.1 Å². The molecule has 1 aromatic heterocycles. The number of hydrogen-bond donors (Lipinski definition) is 2. The predicted octanol–water partition coefficient (Wildman–Crippen LogP) is 3.78. The number of benzene rings is 1. The van der Waals surface area contributed by atoms with Gasteiger partial charge in [0.25, 0.3) is 5.56 Å². The molecule has 0 aliphatic heterocycles. The van der Waals surface area contributed by atoms with Gasteiger partial charge in [-0.3, -0.25) is 4.79 Å². The molecule has 0 spiro atoms. The monoisotopic (exact) mass is 373 g/mol. The van der Waals surface area contributed by atoms with Crippen LogP contribution in [0.15, 0.2) is 44.6 Å². The van der Waals surface area contributed by atoms with Gasteiger partial charge in [0, 0.05) is 21.2 Å². The molecular formula is C13H13BrClN3OS. The fraction of sp³-hybridized carbons (Fsp3) is 0.231. The molecule has 0 aliphatic rings. The van der Waals surface area contributed by atoms with Crippen LogP contribution in [0.1, 0.15) is 6.92 Å². The molecule has 0 radical (unpaired) electrons. The van der Waals surface area contributed by atoms with Crippen LogP contribution in [-0.4, -0.2) is 22.0 Å². The lowest BCUT2D eigenvalue weighted by atomic mass is 10.4. The molecule has 106 valence electrons. The minimum absolute atomic E-state index is 0.140. The van der Waals surface area contributed by atoms with Crippen LogP contribution in [0, 0.1) is 0 Å². The zero-order valence-corrected chi connectivity index (χ0v) is 13.8. The van der Waals surface area contributed by atoms with Crippen LogP contribution >= 0.6 is 39.3 Å². The first-order chi connectivity index (χ1) is 9.56. The van der Waals surface area contributed by atoms with Crippen molar-refractivity contribution in [3.05, 3.63) is 50.3 Å². The molecule has 20 heavy (non-hydrogen) atoms. The van der Waals surface area contributed by atoms with Crippen LogP contribution in [0.2, 0.25) is 5.02 Å². The first-order valence-corrected chi connectivity index (χ1v) is 8.00. The minimum Gasteiger partial charge on any atom is -0.381 e. The van der Waals surface area contributed by atoms with E-state index in [1.807, 2.05) is 12.1 Å². The van der Waals surface area contributed by atoms with Gasteiger partial charge in [-0.2, -0.15) is 5.10 Å². The number of thioether (sulfide) groups is 1. The highest BCUT2D eigenvalue weighted by Gasteiger charge is 2.08. The maximum absolute atomic E-state index is 11.3. The summed E-state index contributed by atoms with van der Waals surface area (Å²) in [5.41, 5.74) is 0.170. The highest BCUT2D eigenvalue weighted by Crippen LogP contribution is 2.25. The Labute approximate surface area is 134 Å². The van der Waals surface area contributed by atoms with Crippen molar-refractivity contribution in [2.75, 3.05) is 11.9 Å². The summed E-state index contributed by atoms with van der Waals surface area (Å²) in [6.07, 6.45) is 1.51. The Balaban J connectivity index is 1.92.